The van der Waals surface area contributed by atoms with E-state index < -0.39 is 0 Å². The van der Waals surface area contributed by atoms with Gasteiger partial charge in [-0.25, -0.2) is 5.43 Å². The fourth-order valence-corrected chi connectivity index (χ4v) is 0.441. The fraction of sp³-hybridized carbons (Fsp3) is 0.500. The van der Waals surface area contributed by atoms with Gasteiger partial charge in [0.15, 0.2) is 5.78 Å². The summed E-state index contributed by atoms with van der Waals surface area (Å²) in [5.74, 6) is -0.0608. The quantitative estimate of drug-likeness (QED) is 0.343. The number of amides is 1. The molecule has 0 aromatic carbocycles. The minimum atomic E-state index is -0.0608. The lowest BCUT2D eigenvalue weighted by atomic mass is 10.2. The maximum atomic E-state index is 10.7. The van der Waals surface area contributed by atoms with Gasteiger partial charge in [0, 0.05) is 6.42 Å². The second-order valence-corrected chi connectivity index (χ2v) is 1.72. The topological polar surface area (TPSA) is 58.5 Å². The number of hydrogen-bond acceptors (Lipinski definition) is 3. The highest BCUT2D eigenvalue weighted by Gasteiger charge is 2.00. The van der Waals surface area contributed by atoms with Crippen LogP contribution in [0.1, 0.15) is 20.3 Å². The first kappa shape index (κ1) is 8.81. The predicted octanol–water partition coefficient (Wildman–Crippen LogP) is 0.0874. The molecule has 10 heavy (non-hydrogen) atoms. The van der Waals surface area contributed by atoms with Crippen molar-refractivity contribution in [2.24, 2.45) is 5.10 Å². The molecule has 0 aromatic rings. The molecule has 0 rings (SSSR count). The molecule has 4 nitrogen and oxygen atoms in total. The molecule has 0 unspecified atom stereocenters. The summed E-state index contributed by atoms with van der Waals surface area (Å²) in [4.78, 5) is 20.4. The molecule has 0 heterocycles. The third-order valence-corrected chi connectivity index (χ3v) is 1.01. The number of rotatable bonds is 4. The summed E-state index contributed by atoms with van der Waals surface area (Å²) in [6.07, 6.45) is 0.836. The largest absolute Gasteiger partial charge is 0.293 e. The lowest BCUT2D eigenvalue weighted by Crippen LogP contribution is -2.13. The number of hydrazone groups is 1. The molecule has 0 radical (unpaired) electrons. The van der Waals surface area contributed by atoms with Crippen LogP contribution in [-0.4, -0.2) is 17.9 Å². The molecule has 0 atom stereocenters. The predicted molar refractivity (Wildman–Crippen MR) is 37.6 cm³/mol. The first-order chi connectivity index (χ1) is 4.72. The van der Waals surface area contributed by atoms with Gasteiger partial charge < -0.3 is 0 Å². The van der Waals surface area contributed by atoms with E-state index >= 15 is 0 Å². The second kappa shape index (κ2) is 4.67. The van der Waals surface area contributed by atoms with Crippen molar-refractivity contribution in [1.82, 2.24) is 5.43 Å². The van der Waals surface area contributed by atoms with Crippen LogP contribution in [-0.2, 0) is 9.59 Å². The maximum Gasteiger partial charge on any atom is 0.227 e. The molecule has 0 spiro atoms. The summed E-state index contributed by atoms with van der Waals surface area (Å²) in [5.41, 5.74) is 2.38. The van der Waals surface area contributed by atoms with E-state index in [2.05, 4.69) is 5.10 Å². The fourth-order valence-electron chi connectivity index (χ4n) is 0.441. The van der Waals surface area contributed by atoms with Crippen LogP contribution in [0.4, 0.5) is 0 Å². The van der Waals surface area contributed by atoms with E-state index in [0.717, 1.165) is 0 Å². The summed E-state index contributed by atoms with van der Waals surface area (Å²) in [6.45, 7) is 3.30. The van der Waals surface area contributed by atoms with Gasteiger partial charge >= 0.3 is 0 Å². The number of ketones is 1. The Morgan fingerprint density at radius 3 is 2.70 bits per heavy atom. The number of nitrogens with one attached hydrogen (secondary N) is 1. The van der Waals surface area contributed by atoms with Crippen molar-refractivity contribution in [3.63, 3.8) is 0 Å². The lowest BCUT2D eigenvalue weighted by molar-refractivity contribution is -0.112. The van der Waals surface area contributed by atoms with E-state index in [4.69, 9.17) is 0 Å². The molecule has 1 N–H and O–H groups in total. The van der Waals surface area contributed by atoms with Crippen molar-refractivity contribution in [2.75, 3.05) is 0 Å². The third kappa shape index (κ3) is 2.96. The molecule has 56 valence electrons. The second-order valence-electron chi connectivity index (χ2n) is 1.72. The normalized spacial score (nSPS) is 10.8. The lowest BCUT2D eigenvalue weighted by Gasteiger charge is -1.92. The minimum Gasteiger partial charge on any atom is -0.293 e. The van der Waals surface area contributed by atoms with Crippen LogP contribution in [0.5, 0.6) is 0 Å². The van der Waals surface area contributed by atoms with Crippen LogP contribution in [0.25, 0.3) is 0 Å². The summed E-state index contributed by atoms with van der Waals surface area (Å²) in [5, 5.41) is 3.46. The Balaban J connectivity index is 3.91. The minimum absolute atomic E-state index is 0.0608. The molecule has 0 saturated carbocycles. The first-order valence-electron chi connectivity index (χ1n) is 2.99. The van der Waals surface area contributed by atoms with E-state index in [0.29, 0.717) is 18.5 Å². The summed E-state index contributed by atoms with van der Waals surface area (Å²) >= 11 is 0. The molecule has 1 amide bonds. The number of Topliss-reactive ketones (excluding diaryl/α,β-unsaturated/α-hetero) is 1. The Hall–Kier alpha value is -1.19. The Morgan fingerprint density at radius 2 is 2.30 bits per heavy atom. The molecule has 0 saturated heterocycles. The average Bonchev–Trinajstić information content (AvgIpc) is 1.98. The number of carbonyl (C=O) groups excluding carboxylic acids is 2. The van der Waals surface area contributed by atoms with Gasteiger partial charge in [0.25, 0.3) is 0 Å². The smallest absolute Gasteiger partial charge is 0.227 e. The van der Waals surface area contributed by atoms with E-state index in [1.54, 1.807) is 13.8 Å². The third-order valence-electron chi connectivity index (χ3n) is 1.01. The van der Waals surface area contributed by atoms with Crippen LogP contribution in [0.15, 0.2) is 5.10 Å². The van der Waals surface area contributed by atoms with Crippen LogP contribution < -0.4 is 5.43 Å². The molecule has 0 aliphatic rings. The Bertz CT molecular complexity index is 163. The van der Waals surface area contributed by atoms with Gasteiger partial charge in [-0.1, -0.05) is 6.92 Å². The van der Waals surface area contributed by atoms with Crippen molar-refractivity contribution in [3.05, 3.63) is 0 Å². The molecule has 0 aliphatic carbocycles. The van der Waals surface area contributed by atoms with E-state index in [1.807, 2.05) is 5.43 Å². The average molecular weight is 142 g/mol. The van der Waals surface area contributed by atoms with Crippen LogP contribution in [0.3, 0.4) is 0 Å². The summed E-state index contributed by atoms with van der Waals surface area (Å²) in [6, 6.07) is 0. The standard InChI is InChI=1S/C6H10N2O2/c1-3-6(10)5(2)8-7-4-9/h4H,3H2,1-2H3,(H,7,9)/b8-5+. The van der Waals surface area contributed by atoms with Crippen LogP contribution in [0.2, 0.25) is 0 Å². The molecule has 0 aromatic heterocycles. The van der Waals surface area contributed by atoms with Crippen molar-refractivity contribution in [3.8, 4) is 0 Å². The van der Waals surface area contributed by atoms with Gasteiger partial charge in [0.05, 0.1) is 0 Å². The van der Waals surface area contributed by atoms with Gasteiger partial charge in [0.2, 0.25) is 6.41 Å². The zero-order valence-corrected chi connectivity index (χ0v) is 6.05. The zero-order chi connectivity index (χ0) is 7.98. The molecule has 0 fully saturated rings. The van der Waals surface area contributed by atoms with Crippen molar-refractivity contribution in [2.45, 2.75) is 20.3 Å². The highest BCUT2D eigenvalue weighted by molar-refractivity contribution is 6.38. The highest BCUT2D eigenvalue weighted by Crippen LogP contribution is 1.83. The summed E-state index contributed by atoms with van der Waals surface area (Å²) < 4.78 is 0. The van der Waals surface area contributed by atoms with Crippen LogP contribution >= 0.6 is 0 Å². The Kier molecular flexibility index (Phi) is 4.11. The number of hydrogen-bond donors (Lipinski definition) is 1. The first-order valence-corrected chi connectivity index (χ1v) is 2.99. The molecular formula is C6H10N2O2. The van der Waals surface area contributed by atoms with E-state index in [-0.39, 0.29) is 5.78 Å². The van der Waals surface area contributed by atoms with Crippen molar-refractivity contribution >= 4 is 17.9 Å². The zero-order valence-electron chi connectivity index (χ0n) is 6.05. The van der Waals surface area contributed by atoms with Gasteiger partial charge in [-0.05, 0) is 6.92 Å². The SMILES string of the molecule is CCC(=O)/C(C)=N/NC=O. The van der Waals surface area contributed by atoms with Gasteiger partial charge in [-0.2, -0.15) is 5.10 Å². The molecule has 0 aliphatic heterocycles. The van der Waals surface area contributed by atoms with Gasteiger partial charge in [-0.3, -0.25) is 9.59 Å². The molecule has 0 bridgehead atoms. The van der Waals surface area contributed by atoms with Gasteiger partial charge in [0.1, 0.15) is 5.71 Å². The van der Waals surface area contributed by atoms with E-state index in [1.165, 1.54) is 0 Å². The van der Waals surface area contributed by atoms with Gasteiger partial charge in [-0.15, -0.1) is 0 Å². The number of carbonyl (C=O) groups is 2. The Morgan fingerprint density at radius 1 is 1.70 bits per heavy atom. The number of nitrogens with zero attached hydrogens (tertiary/aromatic N) is 1. The van der Waals surface area contributed by atoms with Crippen molar-refractivity contribution in [1.29, 1.82) is 0 Å². The molecular weight excluding hydrogens is 132 g/mol. The van der Waals surface area contributed by atoms with Crippen molar-refractivity contribution < 1.29 is 9.59 Å². The molecule has 4 heteroatoms. The maximum absolute atomic E-state index is 10.7. The Labute approximate surface area is 59.3 Å². The monoisotopic (exact) mass is 142 g/mol. The summed E-state index contributed by atoms with van der Waals surface area (Å²) in [7, 11) is 0. The van der Waals surface area contributed by atoms with E-state index in [9.17, 15) is 9.59 Å². The highest BCUT2D eigenvalue weighted by atomic mass is 16.1. The van der Waals surface area contributed by atoms with Crippen LogP contribution in [0, 0.1) is 0 Å².